The van der Waals surface area contributed by atoms with Gasteiger partial charge in [0.15, 0.2) is 0 Å². The van der Waals surface area contributed by atoms with Gasteiger partial charge >= 0.3 is 0 Å². The van der Waals surface area contributed by atoms with Crippen molar-refractivity contribution in [3.05, 3.63) is 57.8 Å². The molecule has 25 heavy (non-hydrogen) atoms. The molecule has 1 fully saturated rings. The smallest absolute Gasteiger partial charge is 0.254 e. The average molecular weight is 379 g/mol. The molecule has 1 N–H and O–H groups in total. The molecule has 1 aliphatic heterocycles. The zero-order chi connectivity index (χ0) is 16.9. The Balaban J connectivity index is 0.00000225. The van der Waals surface area contributed by atoms with Crippen LogP contribution < -0.4 is 5.32 Å². The minimum Gasteiger partial charge on any atom is -0.339 e. The summed E-state index contributed by atoms with van der Waals surface area (Å²) in [6.07, 6.45) is 2.02. The van der Waals surface area contributed by atoms with Crippen LogP contribution in [0.2, 0.25) is 0 Å². The monoisotopic (exact) mass is 378 g/mol. The highest BCUT2D eigenvalue weighted by Crippen LogP contribution is 2.22. The lowest BCUT2D eigenvalue weighted by Gasteiger charge is -2.32. The van der Waals surface area contributed by atoms with Crippen LogP contribution in [-0.2, 0) is 0 Å². The first-order valence-electron chi connectivity index (χ1n) is 8.32. The molecule has 4 nitrogen and oxygen atoms in total. The summed E-state index contributed by atoms with van der Waals surface area (Å²) in [7, 11) is 1.96. The molecule has 1 aromatic carbocycles. The summed E-state index contributed by atoms with van der Waals surface area (Å²) < 4.78 is 0. The molecule has 0 atom stereocenters. The number of hydrogen-bond donors (Lipinski definition) is 1. The second-order valence-electron chi connectivity index (χ2n) is 6.15. The van der Waals surface area contributed by atoms with E-state index in [0.717, 1.165) is 32.5 Å². The Kier molecular flexibility index (Phi) is 7.17. The van der Waals surface area contributed by atoms with Crippen LogP contribution in [0.15, 0.2) is 41.8 Å². The second kappa shape index (κ2) is 9.13. The summed E-state index contributed by atoms with van der Waals surface area (Å²) in [5, 5.41) is 5.09. The van der Waals surface area contributed by atoms with E-state index in [1.807, 2.05) is 35.5 Å². The molecule has 2 heterocycles. The molecule has 134 valence electrons. The Morgan fingerprint density at radius 1 is 1.12 bits per heavy atom. The quantitative estimate of drug-likeness (QED) is 0.810. The summed E-state index contributed by atoms with van der Waals surface area (Å²) in [6, 6.07) is 10.8. The Bertz CT molecular complexity index is 710. The molecule has 6 heteroatoms. The van der Waals surface area contributed by atoms with Gasteiger partial charge in [0.05, 0.1) is 10.4 Å². The van der Waals surface area contributed by atoms with Crippen molar-refractivity contribution in [2.24, 2.45) is 5.92 Å². The number of benzene rings is 1. The van der Waals surface area contributed by atoms with Crippen LogP contribution >= 0.6 is 23.7 Å². The standard InChI is InChI=1S/C19H22N2O2S.ClH/c1-20-13-14-8-10-21(11-9-14)19(23)16-6-3-2-5-15(16)18(22)17-7-4-12-24-17;/h2-7,12,14,20H,8-11,13H2,1H3;1H. The van der Waals surface area contributed by atoms with E-state index in [0.29, 0.717) is 21.9 Å². The summed E-state index contributed by atoms with van der Waals surface area (Å²) in [6.45, 7) is 2.51. The van der Waals surface area contributed by atoms with E-state index in [1.54, 1.807) is 18.2 Å². The van der Waals surface area contributed by atoms with Gasteiger partial charge in [0, 0.05) is 18.7 Å². The van der Waals surface area contributed by atoms with E-state index >= 15 is 0 Å². The minimum atomic E-state index is -0.0704. The second-order valence-corrected chi connectivity index (χ2v) is 7.09. The molecule has 0 bridgehead atoms. The third-order valence-corrected chi connectivity index (χ3v) is 5.41. The van der Waals surface area contributed by atoms with Crippen LogP contribution in [-0.4, -0.2) is 43.3 Å². The predicted octanol–water partition coefficient (Wildman–Crippen LogP) is 3.47. The number of halogens is 1. The van der Waals surface area contributed by atoms with Crippen molar-refractivity contribution in [2.75, 3.05) is 26.7 Å². The highest BCUT2D eigenvalue weighted by Gasteiger charge is 2.26. The van der Waals surface area contributed by atoms with Gasteiger partial charge in [0.25, 0.3) is 5.91 Å². The summed E-state index contributed by atoms with van der Waals surface area (Å²) in [5.74, 6) is 0.527. The number of nitrogens with zero attached hydrogens (tertiary/aromatic N) is 1. The maximum absolute atomic E-state index is 12.9. The molecule has 0 spiro atoms. The summed E-state index contributed by atoms with van der Waals surface area (Å²) >= 11 is 1.41. The van der Waals surface area contributed by atoms with Gasteiger partial charge in [-0.25, -0.2) is 0 Å². The van der Waals surface area contributed by atoms with Crippen molar-refractivity contribution in [3.8, 4) is 0 Å². The zero-order valence-corrected chi connectivity index (χ0v) is 15.9. The first-order valence-corrected chi connectivity index (χ1v) is 9.19. The number of thiophene rings is 1. The molecule has 1 aliphatic rings. The predicted molar refractivity (Wildman–Crippen MR) is 104 cm³/mol. The molecule has 3 rings (SSSR count). The number of piperidine rings is 1. The molecular weight excluding hydrogens is 356 g/mol. The lowest BCUT2D eigenvalue weighted by atomic mass is 9.95. The van der Waals surface area contributed by atoms with Gasteiger partial charge in [-0.3, -0.25) is 9.59 Å². The number of nitrogens with one attached hydrogen (secondary N) is 1. The van der Waals surface area contributed by atoms with Crippen LogP contribution in [0.25, 0.3) is 0 Å². The van der Waals surface area contributed by atoms with Crippen LogP contribution in [0.3, 0.4) is 0 Å². The third kappa shape index (κ3) is 4.48. The average Bonchev–Trinajstić information content (AvgIpc) is 3.16. The van der Waals surface area contributed by atoms with Gasteiger partial charge in [-0.05, 0) is 49.9 Å². The fourth-order valence-corrected chi connectivity index (χ4v) is 3.89. The normalized spacial score (nSPS) is 14.8. The van der Waals surface area contributed by atoms with Crippen molar-refractivity contribution in [1.29, 1.82) is 0 Å². The van der Waals surface area contributed by atoms with Crippen molar-refractivity contribution in [1.82, 2.24) is 10.2 Å². The number of carbonyl (C=O) groups is 2. The number of hydrogen-bond acceptors (Lipinski definition) is 4. The number of ketones is 1. The number of carbonyl (C=O) groups excluding carboxylic acids is 2. The van der Waals surface area contributed by atoms with Gasteiger partial charge < -0.3 is 10.2 Å². The SMILES string of the molecule is CNCC1CCN(C(=O)c2ccccc2C(=O)c2cccs2)CC1.Cl. The lowest BCUT2D eigenvalue weighted by molar-refractivity contribution is 0.0687. The molecule has 1 amide bonds. The highest BCUT2D eigenvalue weighted by molar-refractivity contribution is 7.12. The van der Waals surface area contributed by atoms with Crippen molar-refractivity contribution in [2.45, 2.75) is 12.8 Å². The highest BCUT2D eigenvalue weighted by atomic mass is 35.5. The number of likely N-dealkylation sites (tertiary alicyclic amines) is 1. The molecule has 0 saturated carbocycles. The van der Waals surface area contributed by atoms with Gasteiger partial charge in [0.1, 0.15) is 0 Å². The molecule has 0 radical (unpaired) electrons. The van der Waals surface area contributed by atoms with Crippen molar-refractivity contribution >= 4 is 35.4 Å². The lowest BCUT2D eigenvalue weighted by Crippen LogP contribution is -2.40. The van der Waals surface area contributed by atoms with Gasteiger partial charge in [-0.15, -0.1) is 23.7 Å². The van der Waals surface area contributed by atoms with E-state index in [4.69, 9.17) is 0 Å². The van der Waals surface area contributed by atoms with Crippen LogP contribution in [0, 0.1) is 5.92 Å². The fourth-order valence-electron chi connectivity index (χ4n) is 3.21. The van der Waals surface area contributed by atoms with E-state index in [1.165, 1.54) is 11.3 Å². The van der Waals surface area contributed by atoms with E-state index < -0.39 is 0 Å². The van der Waals surface area contributed by atoms with Crippen LogP contribution in [0.4, 0.5) is 0 Å². The maximum atomic E-state index is 12.9. The molecule has 2 aromatic rings. The number of rotatable bonds is 5. The largest absolute Gasteiger partial charge is 0.339 e. The van der Waals surface area contributed by atoms with Crippen LogP contribution in [0.5, 0.6) is 0 Å². The Morgan fingerprint density at radius 2 is 1.80 bits per heavy atom. The minimum absolute atomic E-state index is 0. The third-order valence-electron chi connectivity index (χ3n) is 4.54. The van der Waals surface area contributed by atoms with Crippen molar-refractivity contribution in [3.63, 3.8) is 0 Å². The Morgan fingerprint density at radius 3 is 2.40 bits per heavy atom. The zero-order valence-electron chi connectivity index (χ0n) is 14.2. The van der Waals surface area contributed by atoms with E-state index in [2.05, 4.69) is 5.32 Å². The number of amides is 1. The molecule has 1 aromatic heterocycles. The summed E-state index contributed by atoms with van der Waals surface area (Å²) in [4.78, 5) is 28.2. The molecule has 0 aliphatic carbocycles. The summed E-state index contributed by atoms with van der Waals surface area (Å²) in [5.41, 5.74) is 1.02. The van der Waals surface area contributed by atoms with Gasteiger partial charge in [0.2, 0.25) is 5.78 Å². The molecule has 0 unspecified atom stereocenters. The van der Waals surface area contributed by atoms with Crippen molar-refractivity contribution < 1.29 is 9.59 Å². The fraction of sp³-hybridized carbons (Fsp3) is 0.368. The molecule has 1 saturated heterocycles. The van der Waals surface area contributed by atoms with E-state index in [-0.39, 0.29) is 24.1 Å². The van der Waals surface area contributed by atoms with E-state index in [9.17, 15) is 9.59 Å². The van der Waals surface area contributed by atoms with Gasteiger partial charge in [-0.2, -0.15) is 0 Å². The molecular formula is C19H23ClN2O2S. The topological polar surface area (TPSA) is 49.4 Å². The maximum Gasteiger partial charge on any atom is 0.254 e. The van der Waals surface area contributed by atoms with Gasteiger partial charge in [-0.1, -0.05) is 24.3 Å². The van der Waals surface area contributed by atoms with Crippen LogP contribution in [0.1, 0.15) is 38.4 Å². The Hall–Kier alpha value is -1.69. The Labute approximate surface area is 158 Å². The first kappa shape index (κ1) is 19.6. The first-order chi connectivity index (χ1) is 11.7.